The average molecular weight is 993 g/mol. The third-order valence-corrected chi connectivity index (χ3v) is 11.4. The first-order valence-electron chi connectivity index (χ1n) is 23.1. The number of pyridine rings is 1. The number of rotatable bonds is 9. The maximum absolute atomic E-state index is 11.7. The summed E-state index contributed by atoms with van der Waals surface area (Å²) in [6.07, 6.45) is 1.77. The van der Waals surface area contributed by atoms with Gasteiger partial charge in [0.25, 0.3) is 0 Å². The van der Waals surface area contributed by atoms with Gasteiger partial charge in [0, 0.05) is 45.5 Å². The van der Waals surface area contributed by atoms with E-state index in [-0.39, 0.29) is 32.4 Å². The molecule has 9 rings (SSSR count). The summed E-state index contributed by atoms with van der Waals surface area (Å²) < 4.78 is 43.7. The van der Waals surface area contributed by atoms with E-state index in [1.807, 2.05) is 126 Å². The van der Waals surface area contributed by atoms with E-state index in [1.54, 1.807) is 18.3 Å². The molecule has 2 heterocycles. The van der Waals surface area contributed by atoms with E-state index in [9.17, 15) is 5.11 Å². The molecule has 0 amide bonds. The molecule has 1 N–H and O–H groups in total. The first-order chi connectivity index (χ1) is 31.3. The van der Waals surface area contributed by atoms with Crippen molar-refractivity contribution < 1.29 is 33.0 Å². The fourth-order valence-corrected chi connectivity index (χ4v) is 8.43. The minimum Gasteiger partial charge on any atom is -0.507 e. The summed E-state index contributed by atoms with van der Waals surface area (Å²) in [5.74, 6) is -1.07. The van der Waals surface area contributed by atoms with Crippen LogP contribution < -0.4 is 0 Å². The first kappa shape index (κ1) is 36.3. The van der Waals surface area contributed by atoms with E-state index >= 15 is 0 Å². The molecule has 5 heteroatoms. The van der Waals surface area contributed by atoms with Crippen molar-refractivity contribution in [3.05, 3.63) is 192 Å². The largest absolute Gasteiger partial charge is 0.507 e. The Morgan fingerprint density at radius 2 is 1.27 bits per heavy atom. The minimum absolute atomic E-state index is 0. The Morgan fingerprint density at radius 3 is 1.97 bits per heavy atom. The van der Waals surface area contributed by atoms with Crippen molar-refractivity contribution in [1.82, 2.24) is 14.5 Å². The van der Waals surface area contributed by atoms with E-state index < -0.39 is 18.6 Å². The summed E-state index contributed by atoms with van der Waals surface area (Å²) in [5.41, 5.74) is 15.4. The molecule has 0 fully saturated rings. The second-order valence-electron chi connectivity index (χ2n) is 16.3. The van der Waals surface area contributed by atoms with Crippen LogP contribution in [0.3, 0.4) is 0 Å². The Labute approximate surface area is 387 Å². The molecule has 0 aliphatic carbocycles. The van der Waals surface area contributed by atoms with Crippen molar-refractivity contribution >= 4 is 11.0 Å². The summed E-state index contributed by atoms with van der Waals surface area (Å²) in [4.78, 5) is 10.2. The molecule has 0 aliphatic rings. The number of para-hydroxylation sites is 1. The number of nitrogens with zero attached hydrogens (tertiary/aromatic N) is 3. The number of fused-ring (bicyclic) bond motifs is 1. The van der Waals surface area contributed by atoms with E-state index in [2.05, 4.69) is 65.2 Å². The third kappa shape index (κ3) is 8.08. The fraction of sp³-hybridized carbons (Fsp3) is 0.158. The van der Waals surface area contributed by atoms with E-state index in [0.29, 0.717) is 17.1 Å². The van der Waals surface area contributed by atoms with Crippen LogP contribution in [-0.2, 0) is 21.1 Å². The molecule has 310 valence electrons. The second kappa shape index (κ2) is 17.6. The summed E-state index contributed by atoms with van der Waals surface area (Å²) in [6, 6.07) is 53.2. The number of hydrogen-bond donors (Lipinski definition) is 1. The van der Waals surface area contributed by atoms with Crippen molar-refractivity contribution in [2.75, 3.05) is 0 Å². The number of hydrogen-bond acceptors (Lipinski definition) is 3. The van der Waals surface area contributed by atoms with Crippen LogP contribution in [0.4, 0.5) is 0 Å². The molecule has 7 aromatic carbocycles. The summed E-state index contributed by atoms with van der Waals surface area (Å²) in [5, 5.41) is 11.7. The van der Waals surface area contributed by atoms with Gasteiger partial charge in [-0.3, -0.25) is 9.55 Å². The maximum atomic E-state index is 11.7. The third-order valence-electron chi connectivity index (χ3n) is 11.4. The van der Waals surface area contributed by atoms with Crippen molar-refractivity contribution in [1.29, 1.82) is 0 Å². The number of benzene rings is 7. The molecule has 62 heavy (non-hydrogen) atoms. The van der Waals surface area contributed by atoms with Crippen LogP contribution >= 0.6 is 0 Å². The SMILES string of the molecule is [2H]C([2H])([2H])c1ccc(-c2ccnc(-c3[c-]c(-c4cccc5c4nc(-c4cc(C)cc(C)c4O)n5-c4ccc(-c5c(C([2H])(C)C)cccc5C([2H])(C)C)cc4)cc(-c4ccccc4)c3)c2)cc1.[Pt]. The van der Waals surface area contributed by atoms with Gasteiger partial charge in [0.1, 0.15) is 11.6 Å². The molecule has 0 aliphatic heterocycles. The van der Waals surface area contributed by atoms with Crippen molar-refractivity contribution in [2.24, 2.45) is 0 Å². The van der Waals surface area contributed by atoms with Gasteiger partial charge in [-0.2, -0.15) is 0 Å². The molecule has 9 aromatic rings. The van der Waals surface area contributed by atoms with Gasteiger partial charge in [-0.05, 0) is 113 Å². The van der Waals surface area contributed by atoms with Crippen LogP contribution in [0.25, 0.3) is 83.9 Å². The van der Waals surface area contributed by atoms with Gasteiger partial charge in [-0.25, -0.2) is 4.98 Å². The van der Waals surface area contributed by atoms with Crippen molar-refractivity contribution in [3.8, 4) is 78.6 Å². The van der Waals surface area contributed by atoms with Gasteiger partial charge in [-0.15, -0.1) is 23.8 Å². The van der Waals surface area contributed by atoms with Crippen LogP contribution in [0.2, 0.25) is 0 Å². The molecule has 2 aromatic heterocycles. The first-order valence-corrected chi connectivity index (χ1v) is 20.6. The zero-order valence-electron chi connectivity index (χ0n) is 40.6. The topological polar surface area (TPSA) is 50.9 Å². The van der Waals surface area contributed by atoms with E-state index in [1.165, 1.54) is 0 Å². The Bertz CT molecular complexity index is 3240. The molecule has 0 unspecified atom stereocenters. The van der Waals surface area contributed by atoms with Crippen LogP contribution in [0.1, 0.15) is 74.2 Å². The van der Waals surface area contributed by atoms with Crippen LogP contribution in [0.15, 0.2) is 158 Å². The molecule has 0 radical (unpaired) electrons. The Kier molecular flexibility index (Phi) is 10.3. The Morgan fingerprint density at radius 1 is 0.613 bits per heavy atom. The van der Waals surface area contributed by atoms with Crippen LogP contribution in [0.5, 0.6) is 5.75 Å². The Balaban J connectivity index is 0.00000608. The van der Waals surface area contributed by atoms with Crippen LogP contribution in [-0.4, -0.2) is 19.6 Å². The Hall–Kier alpha value is -6.35. The van der Waals surface area contributed by atoms with Crippen LogP contribution in [0, 0.1) is 26.8 Å². The summed E-state index contributed by atoms with van der Waals surface area (Å²) in [7, 11) is 0. The standard InChI is InChI=1S/C57H50N3O.Pt/c1-35(2)48-15-11-16-49(36(3)4)54(48)42-23-25-47(26-24-42)60-53-18-12-17-50(55(53)59-57(60)51-30-38(6)29-39(7)56(51)61)45-31-44(40-13-9-8-10-14-40)32-46(33-45)52-34-43(27-28-58-52)41-21-19-37(5)20-22-41;/h8-32,34-36,61H,1-7H3;/q-1;/i5D3,35D,36D;. The molecule has 0 spiro atoms. The maximum Gasteiger partial charge on any atom is 0.148 e. The van der Waals surface area contributed by atoms with Gasteiger partial charge in [-0.1, -0.05) is 159 Å². The zero-order valence-corrected chi connectivity index (χ0v) is 37.9. The number of aryl methyl sites for hydroxylation is 3. The molecular formula is C57H50N3OPt-. The molecule has 0 saturated carbocycles. The predicted octanol–water partition coefficient (Wildman–Crippen LogP) is 15.1. The summed E-state index contributed by atoms with van der Waals surface area (Å²) in [6.45, 7) is 9.26. The van der Waals surface area contributed by atoms with Gasteiger partial charge in [0.15, 0.2) is 0 Å². The van der Waals surface area contributed by atoms with Crippen molar-refractivity contribution in [3.63, 3.8) is 0 Å². The smallest absolute Gasteiger partial charge is 0.148 e. The van der Waals surface area contributed by atoms with Gasteiger partial charge < -0.3 is 5.11 Å². The normalized spacial score (nSPS) is 13.1. The number of imidazole rings is 1. The summed E-state index contributed by atoms with van der Waals surface area (Å²) >= 11 is 0. The predicted molar refractivity (Wildman–Crippen MR) is 254 cm³/mol. The van der Waals surface area contributed by atoms with Gasteiger partial charge in [0.2, 0.25) is 0 Å². The second-order valence-corrected chi connectivity index (χ2v) is 16.3. The quantitative estimate of drug-likeness (QED) is 0.147. The zero-order chi connectivity index (χ0) is 46.7. The molecule has 0 bridgehead atoms. The van der Waals surface area contributed by atoms with E-state index in [0.717, 1.165) is 89.0 Å². The molecule has 0 saturated heterocycles. The number of phenols is 1. The fourth-order valence-electron chi connectivity index (χ4n) is 8.43. The molecule has 4 nitrogen and oxygen atoms in total. The van der Waals surface area contributed by atoms with Crippen molar-refractivity contribution in [2.45, 2.75) is 60.2 Å². The molecule has 0 atom stereocenters. The number of aromatic nitrogens is 3. The molecular weight excluding hydrogens is 938 g/mol. The average Bonchev–Trinajstić information content (AvgIpc) is 3.69. The van der Waals surface area contributed by atoms with Gasteiger partial charge >= 0.3 is 0 Å². The number of phenolic OH excluding ortho intramolecular Hbond substituents is 1. The van der Waals surface area contributed by atoms with Gasteiger partial charge in [0.05, 0.1) is 16.6 Å². The number of aromatic hydroxyl groups is 1. The van der Waals surface area contributed by atoms with E-state index in [4.69, 9.17) is 16.8 Å². The monoisotopic (exact) mass is 992 g/mol. The minimum atomic E-state index is -2.19.